The second-order valence-corrected chi connectivity index (χ2v) is 5.59. The van der Waals surface area contributed by atoms with Gasteiger partial charge in [-0.25, -0.2) is 0 Å². The third kappa shape index (κ3) is 1.99. The minimum absolute atomic E-state index is 0.0828. The number of carbonyl (C=O) groups excluding carboxylic acids is 2. The van der Waals surface area contributed by atoms with E-state index in [-0.39, 0.29) is 17.9 Å². The molecule has 0 spiro atoms. The Morgan fingerprint density at radius 1 is 1.17 bits per heavy atom. The maximum Gasteiger partial charge on any atom is 0.270 e. The molecule has 1 aromatic carbocycles. The van der Waals surface area contributed by atoms with Crippen LogP contribution in [0.5, 0.6) is 0 Å². The highest BCUT2D eigenvalue weighted by Gasteiger charge is 2.61. The van der Waals surface area contributed by atoms with Gasteiger partial charge in [0.25, 0.3) is 17.5 Å². The van der Waals surface area contributed by atoms with Crippen LogP contribution >= 0.6 is 0 Å². The molecule has 3 aliphatic rings. The molecule has 0 radical (unpaired) electrons. The number of benzene rings is 1. The topological polar surface area (TPSA) is 102 Å². The molecule has 0 N–H and O–H groups in total. The number of nitrogens with zero attached hydrogens (tertiary/aromatic N) is 3. The molecule has 8 heteroatoms. The summed E-state index contributed by atoms with van der Waals surface area (Å²) in [7, 11) is 0. The van der Waals surface area contributed by atoms with E-state index in [2.05, 4.69) is 5.10 Å². The summed E-state index contributed by atoms with van der Waals surface area (Å²) in [5.74, 6) is -1.81. The Bertz CT molecular complexity index is 757. The Kier molecular flexibility index (Phi) is 2.88. The van der Waals surface area contributed by atoms with Crippen LogP contribution in [0.4, 0.5) is 5.69 Å². The van der Waals surface area contributed by atoms with Gasteiger partial charge in [-0.3, -0.25) is 19.7 Å². The Hall–Kier alpha value is -2.87. The lowest BCUT2D eigenvalue weighted by atomic mass is 9.85. The van der Waals surface area contributed by atoms with Crippen LogP contribution in [0.2, 0.25) is 0 Å². The van der Waals surface area contributed by atoms with Crippen molar-refractivity contribution < 1.29 is 19.2 Å². The van der Waals surface area contributed by atoms with Gasteiger partial charge in [0, 0.05) is 17.7 Å². The highest BCUT2D eigenvalue weighted by Crippen LogP contribution is 2.45. The van der Waals surface area contributed by atoms with Crippen molar-refractivity contribution in [3.8, 4) is 0 Å². The summed E-state index contributed by atoms with van der Waals surface area (Å²) in [5.41, 5.74) is 0.356. The second-order valence-electron chi connectivity index (χ2n) is 5.59. The molecule has 3 aliphatic heterocycles. The number of nitro benzene ring substituents is 1. The number of imide groups is 1. The average Bonchev–Trinajstić information content (AvgIpc) is 3.21. The van der Waals surface area contributed by atoms with E-state index in [0.717, 1.165) is 5.01 Å². The van der Waals surface area contributed by atoms with Crippen LogP contribution in [0.1, 0.15) is 5.56 Å². The van der Waals surface area contributed by atoms with Gasteiger partial charge < -0.3 is 4.74 Å². The number of non-ortho nitro benzene ring substituents is 1. The van der Waals surface area contributed by atoms with Crippen molar-refractivity contribution in [2.24, 2.45) is 16.9 Å². The van der Waals surface area contributed by atoms with Crippen LogP contribution in [0.15, 0.2) is 41.5 Å². The number of rotatable bonds is 3. The summed E-state index contributed by atoms with van der Waals surface area (Å²) in [6.07, 6.45) is 4.15. The van der Waals surface area contributed by atoms with Crippen molar-refractivity contribution in [1.29, 1.82) is 0 Å². The number of hydrazone groups is 1. The molecule has 2 saturated heterocycles. The Morgan fingerprint density at radius 2 is 1.83 bits per heavy atom. The molecule has 4 atom stereocenters. The van der Waals surface area contributed by atoms with Gasteiger partial charge in [0.1, 0.15) is 0 Å². The van der Waals surface area contributed by atoms with Crippen LogP contribution in [0.3, 0.4) is 0 Å². The number of fused-ring (bicyclic) bond motifs is 5. The minimum atomic E-state index is -0.519. The van der Waals surface area contributed by atoms with Crippen molar-refractivity contribution >= 4 is 23.7 Å². The van der Waals surface area contributed by atoms with Gasteiger partial charge in [-0.05, 0) is 0 Å². The van der Waals surface area contributed by atoms with E-state index in [0.29, 0.717) is 5.56 Å². The number of ether oxygens (including phenoxy) is 1. The largest absolute Gasteiger partial charge is 0.365 e. The molecule has 4 rings (SSSR count). The predicted octanol–water partition coefficient (Wildman–Crippen LogP) is 0.867. The summed E-state index contributed by atoms with van der Waals surface area (Å²) < 4.78 is 5.53. The van der Waals surface area contributed by atoms with Crippen molar-refractivity contribution in [3.05, 3.63) is 52.1 Å². The van der Waals surface area contributed by atoms with Crippen molar-refractivity contribution in [2.45, 2.75) is 12.2 Å². The second kappa shape index (κ2) is 4.82. The van der Waals surface area contributed by atoms with Gasteiger partial charge in [-0.1, -0.05) is 24.3 Å². The molecule has 0 saturated carbocycles. The number of nitro groups is 1. The zero-order chi connectivity index (χ0) is 16.1. The molecule has 3 heterocycles. The Balaban J connectivity index is 1.58. The van der Waals surface area contributed by atoms with Crippen LogP contribution in [-0.2, 0) is 14.3 Å². The van der Waals surface area contributed by atoms with Crippen molar-refractivity contribution in [1.82, 2.24) is 5.01 Å². The van der Waals surface area contributed by atoms with E-state index in [1.807, 2.05) is 0 Å². The molecule has 2 amide bonds. The SMILES string of the molecule is O=C1[C@@H]2[C@@H](C(=O)N1/N=C\c1cccc([N+](=O)[O-])c1)[C@H]1C=C[C@@H]2O1. The first-order chi connectivity index (χ1) is 11.1. The molecular formula is C15H11N3O5. The van der Waals surface area contributed by atoms with E-state index in [1.165, 1.54) is 24.4 Å². The van der Waals surface area contributed by atoms with E-state index in [1.54, 1.807) is 18.2 Å². The minimum Gasteiger partial charge on any atom is -0.365 e. The lowest BCUT2D eigenvalue weighted by Gasteiger charge is -2.11. The standard InChI is InChI=1S/C15H11N3O5/c19-14-12-10-4-5-11(23-10)13(12)15(20)17(14)16-7-8-2-1-3-9(6-8)18(21)22/h1-7,10-13H/b16-7-/t10-,11+,12-,13-/m0/s1. The highest BCUT2D eigenvalue weighted by molar-refractivity contribution is 6.07. The predicted molar refractivity (Wildman–Crippen MR) is 77.3 cm³/mol. The Labute approximate surface area is 130 Å². The first-order valence-corrected chi connectivity index (χ1v) is 7.06. The average molecular weight is 313 g/mol. The molecule has 8 nitrogen and oxygen atoms in total. The number of amides is 2. The van der Waals surface area contributed by atoms with E-state index >= 15 is 0 Å². The highest BCUT2D eigenvalue weighted by atomic mass is 16.6. The molecule has 116 valence electrons. The van der Waals surface area contributed by atoms with E-state index in [9.17, 15) is 19.7 Å². The third-order valence-electron chi connectivity index (χ3n) is 4.29. The molecule has 23 heavy (non-hydrogen) atoms. The van der Waals surface area contributed by atoms with Gasteiger partial charge in [0.2, 0.25) is 0 Å². The van der Waals surface area contributed by atoms with E-state index in [4.69, 9.17) is 4.74 Å². The van der Waals surface area contributed by atoms with Gasteiger partial charge in [0.05, 0.1) is 35.2 Å². The van der Waals surface area contributed by atoms with Crippen LogP contribution in [0.25, 0.3) is 0 Å². The first-order valence-electron chi connectivity index (χ1n) is 7.06. The van der Waals surface area contributed by atoms with Crippen LogP contribution in [-0.4, -0.2) is 40.2 Å². The third-order valence-corrected chi connectivity index (χ3v) is 4.29. The quantitative estimate of drug-likeness (QED) is 0.271. The first kappa shape index (κ1) is 13.8. The molecule has 2 fully saturated rings. The van der Waals surface area contributed by atoms with E-state index < -0.39 is 28.6 Å². The summed E-state index contributed by atoms with van der Waals surface area (Å²) in [4.78, 5) is 34.9. The van der Waals surface area contributed by atoms with Crippen LogP contribution < -0.4 is 0 Å². The van der Waals surface area contributed by atoms with Gasteiger partial charge in [-0.2, -0.15) is 10.1 Å². The molecule has 0 unspecified atom stereocenters. The monoisotopic (exact) mass is 313 g/mol. The normalized spacial score (nSPS) is 31.4. The van der Waals surface area contributed by atoms with Gasteiger partial charge in [0.15, 0.2) is 0 Å². The fraction of sp³-hybridized carbons (Fsp3) is 0.267. The number of carbonyl (C=O) groups is 2. The maximum atomic E-state index is 12.4. The Morgan fingerprint density at radius 3 is 2.43 bits per heavy atom. The van der Waals surface area contributed by atoms with Crippen molar-refractivity contribution in [3.63, 3.8) is 0 Å². The number of hydrogen-bond acceptors (Lipinski definition) is 6. The maximum absolute atomic E-state index is 12.4. The summed E-state index contributed by atoms with van der Waals surface area (Å²) in [5, 5.41) is 15.5. The fourth-order valence-electron chi connectivity index (χ4n) is 3.24. The zero-order valence-electron chi connectivity index (χ0n) is 11.7. The fourth-order valence-corrected chi connectivity index (χ4v) is 3.24. The molecule has 0 aromatic heterocycles. The van der Waals surface area contributed by atoms with Gasteiger partial charge >= 0.3 is 0 Å². The molecule has 0 aliphatic carbocycles. The number of hydrogen-bond donors (Lipinski definition) is 0. The van der Waals surface area contributed by atoms with Crippen LogP contribution in [0, 0.1) is 22.0 Å². The van der Waals surface area contributed by atoms with Crippen molar-refractivity contribution in [2.75, 3.05) is 0 Å². The summed E-state index contributed by atoms with van der Waals surface area (Å²) >= 11 is 0. The molecule has 1 aromatic rings. The lowest BCUT2D eigenvalue weighted by molar-refractivity contribution is -0.384. The summed E-state index contributed by atoms with van der Waals surface area (Å²) in [6, 6.07) is 5.80. The summed E-state index contributed by atoms with van der Waals surface area (Å²) in [6.45, 7) is 0. The zero-order valence-corrected chi connectivity index (χ0v) is 11.7. The van der Waals surface area contributed by atoms with Gasteiger partial charge in [-0.15, -0.1) is 0 Å². The smallest absolute Gasteiger partial charge is 0.270 e. The lowest BCUT2D eigenvalue weighted by Crippen LogP contribution is -2.30. The molecule has 2 bridgehead atoms. The molecular weight excluding hydrogens is 302 g/mol.